The molecule has 3 nitrogen and oxygen atoms in total. The van der Waals surface area contributed by atoms with Gasteiger partial charge in [0, 0.05) is 18.3 Å². The number of hydrogen-bond acceptors (Lipinski definition) is 2. The number of aryl methyl sites for hydroxylation is 2. The molecule has 0 spiro atoms. The second-order valence-corrected chi connectivity index (χ2v) is 4.38. The minimum atomic E-state index is -0.210. The van der Waals surface area contributed by atoms with Crippen molar-refractivity contribution in [3.63, 3.8) is 0 Å². The molecule has 0 radical (unpaired) electrons. The quantitative estimate of drug-likeness (QED) is 0.900. The molecular weight excluding hydrogens is 229 g/mol. The highest BCUT2D eigenvalue weighted by Gasteiger charge is 2.18. The Hall–Kier alpha value is -1.68. The molecule has 1 heterocycles. The first kappa shape index (κ1) is 12.8. The second-order valence-electron chi connectivity index (χ2n) is 4.38. The fraction of sp³-hybridized carbons (Fsp3) is 0.357. The van der Waals surface area contributed by atoms with Crippen LogP contribution in [-0.2, 0) is 6.54 Å². The van der Waals surface area contributed by atoms with Crippen LogP contribution in [0.2, 0.25) is 0 Å². The molecule has 18 heavy (non-hydrogen) atoms. The standard InChI is InChI=1S/C14H18FN3/c1-4-18-8-13(17-9-18)14(16-3)11-7-10(2)5-6-12(11)15/h5-9,14,16H,4H2,1-3H3. The molecule has 0 fully saturated rings. The van der Waals surface area contributed by atoms with Gasteiger partial charge in [0.2, 0.25) is 0 Å². The van der Waals surface area contributed by atoms with E-state index in [0.29, 0.717) is 5.56 Å². The van der Waals surface area contributed by atoms with Crippen molar-refractivity contribution in [1.82, 2.24) is 14.9 Å². The van der Waals surface area contributed by atoms with Gasteiger partial charge in [0.15, 0.2) is 0 Å². The highest BCUT2D eigenvalue weighted by molar-refractivity contribution is 5.31. The number of halogens is 1. The van der Waals surface area contributed by atoms with Crippen LogP contribution >= 0.6 is 0 Å². The van der Waals surface area contributed by atoms with Crippen LogP contribution in [0.3, 0.4) is 0 Å². The summed E-state index contributed by atoms with van der Waals surface area (Å²) in [6.45, 7) is 4.87. The van der Waals surface area contributed by atoms with E-state index in [0.717, 1.165) is 17.8 Å². The molecule has 0 amide bonds. The highest BCUT2D eigenvalue weighted by Crippen LogP contribution is 2.23. The Bertz CT molecular complexity index is 534. The zero-order chi connectivity index (χ0) is 13.1. The molecule has 2 rings (SSSR count). The average molecular weight is 247 g/mol. The summed E-state index contributed by atoms with van der Waals surface area (Å²) in [7, 11) is 1.82. The van der Waals surface area contributed by atoms with Gasteiger partial charge in [-0.15, -0.1) is 0 Å². The first-order valence-electron chi connectivity index (χ1n) is 6.10. The van der Waals surface area contributed by atoms with Crippen molar-refractivity contribution in [2.75, 3.05) is 7.05 Å². The largest absolute Gasteiger partial charge is 0.337 e. The molecule has 1 unspecified atom stereocenters. The lowest BCUT2D eigenvalue weighted by Crippen LogP contribution is -2.19. The molecule has 0 aliphatic rings. The Morgan fingerprint density at radius 2 is 2.22 bits per heavy atom. The van der Waals surface area contributed by atoms with Crippen LogP contribution < -0.4 is 5.32 Å². The molecule has 0 bridgehead atoms. The Morgan fingerprint density at radius 3 is 2.83 bits per heavy atom. The number of rotatable bonds is 4. The van der Waals surface area contributed by atoms with Crippen molar-refractivity contribution in [2.24, 2.45) is 0 Å². The Balaban J connectivity index is 2.41. The Morgan fingerprint density at radius 1 is 1.44 bits per heavy atom. The third-order valence-electron chi connectivity index (χ3n) is 3.07. The van der Waals surface area contributed by atoms with Crippen molar-refractivity contribution < 1.29 is 4.39 Å². The van der Waals surface area contributed by atoms with E-state index in [-0.39, 0.29) is 11.9 Å². The van der Waals surface area contributed by atoms with E-state index in [2.05, 4.69) is 10.3 Å². The van der Waals surface area contributed by atoms with Crippen molar-refractivity contribution in [3.05, 3.63) is 53.4 Å². The number of nitrogens with one attached hydrogen (secondary N) is 1. The third kappa shape index (κ3) is 2.43. The number of benzene rings is 1. The van der Waals surface area contributed by atoms with Crippen molar-refractivity contribution in [3.8, 4) is 0 Å². The van der Waals surface area contributed by atoms with Gasteiger partial charge in [0.05, 0.1) is 18.1 Å². The van der Waals surface area contributed by atoms with Crippen LogP contribution in [0.4, 0.5) is 4.39 Å². The SMILES string of the molecule is CCn1cnc(C(NC)c2cc(C)ccc2F)c1. The van der Waals surface area contributed by atoms with Crippen molar-refractivity contribution >= 4 is 0 Å². The number of imidazole rings is 1. The summed E-state index contributed by atoms with van der Waals surface area (Å²) >= 11 is 0. The van der Waals surface area contributed by atoms with Crippen LogP contribution in [0, 0.1) is 12.7 Å². The van der Waals surface area contributed by atoms with Gasteiger partial charge in [-0.1, -0.05) is 17.7 Å². The van der Waals surface area contributed by atoms with Gasteiger partial charge in [0.25, 0.3) is 0 Å². The van der Waals surface area contributed by atoms with Crippen LogP contribution in [-0.4, -0.2) is 16.6 Å². The Kier molecular flexibility index (Phi) is 3.77. The maximum atomic E-state index is 13.9. The summed E-state index contributed by atoms with van der Waals surface area (Å²) in [6.07, 6.45) is 3.72. The van der Waals surface area contributed by atoms with E-state index >= 15 is 0 Å². The highest BCUT2D eigenvalue weighted by atomic mass is 19.1. The zero-order valence-corrected chi connectivity index (χ0v) is 10.9. The second kappa shape index (κ2) is 5.31. The topological polar surface area (TPSA) is 29.9 Å². The monoisotopic (exact) mass is 247 g/mol. The molecule has 0 aliphatic heterocycles. The van der Waals surface area contributed by atoms with E-state index in [9.17, 15) is 4.39 Å². The smallest absolute Gasteiger partial charge is 0.128 e. The molecule has 0 aliphatic carbocycles. The molecule has 1 aromatic heterocycles. The molecule has 1 atom stereocenters. The molecule has 2 aromatic rings. The Labute approximate surface area is 107 Å². The summed E-state index contributed by atoms with van der Waals surface area (Å²) in [4.78, 5) is 4.34. The zero-order valence-electron chi connectivity index (χ0n) is 10.9. The molecule has 4 heteroatoms. The van der Waals surface area contributed by atoms with Gasteiger partial charge in [0.1, 0.15) is 5.82 Å². The first-order chi connectivity index (χ1) is 8.65. The maximum Gasteiger partial charge on any atom is 0.128 e. The van der Waals surface area contributed by atoms with Gasteiger partial charge in [-0.25, -0.2) is 9.37 Å². The predicted molar refractivity (Wildman–Crippen MR) is 69.9 cm³/mol. The lowest BCUT2D eigenvalue weighted by atomic mass is 10.0. The summed E-state index contributed by atoms with van der Waals surface area (Å²) in [5, 5.41) is 3.12. The minimum absolute atomic E-state index is 0.203. The first-order valence-corrected chi connectivity index (χ1v) is 6.10. The summed E-state index contributed by atoms with van der Waals surface area (Å²) < 4.78 is 15.9. The van der Waals surface area contributed by atoms with E-state index in [1.165, 1.54) is 6.07 Å². The van der Waals surface area contributed by atoms with E-state index in [1.54, 1.807) is 12.4 Å². The lowest BCUT2D eigenvalue weighted by molar-refractivity contribution is 0.570. The van der Waals surface area contributed by atoms with Gasteiger partial charge in [-0.2, -0.15) is 0 Å². The molecule has 0 saturated heterocycles. The summed E-state index contributed by atoms with van der Waals surface area (Å²) in [6, 6.07) is 4.93. The summed E-state index contributed by atoms with van der Waals surface area (Å²) in [5.41, 5.74) is 2.52. The van der Waals surface area contributed by atoms with Gasteiger partial charge >= 0.3 is 0 Å². The molecule has 96 valence electrons. The van der Waals surface area contributed by atoms with Crippen molar-refractivity contribution in [2.45, 2.75) is 26.4 Å². The van der Waals surface area contributed by atoms with Crippen LogP contribution in [0.5, 0.6) is 0 Å². The fourth-order valence-electron chi connectivity index (χ4n) is 2.05. The third-order valence-corrected chi connectivity index (χ3v) is 3.07. The van der Waals surface area contributed by atoms with Gasteiger partial charge in [-0.05, 0) is 27.0 Å². The predicted octanol–water partition coefficient (Wildman–Crippen LogP) is 2.66. The van der Waals surface area contributed by atoms with Crippen LogP contribution in [0.25, 0.3) is 0 Å². The summed E-state index contributed by atoms with van der Waals surface area (Å²) in [5.74, 6) is -0.203. The number of nitrogens with zero attached hydrogens (tertiary/aromatic N) is 2. The van der Waals surface area contributed by atoms with Crippen LogP contribution in [0.1, 0.15) is 29.8 Å². The number of aromatic nitrogens is 2. The molecule has 1 N–H and O–H groups in total. The van der Waals surface area contributed by atoms with E-state index in [1.807, 2.05) is 37.7 Å². The normalized spacial score (nSPS) is 12.7. The number of hydrogen-bond donors (Lipinski definition) is 1. The van der Waals surface area contributed by atoms with Crippen LogP contribution in [0.15, 0.2) is 30.7 Å². The van der Waals surface area contributed by atoms with E-state index in [4.69, 9.17) is 0 Å². The molecule has 1 aromatic carbocycles. The van der Waals surface area contributed by atoms with Gasteiger partial charge < -0.3 is 9.88 Å². The van der Waals surface area contributed by atoms with Gasteiger partial charge in [-0.3, -0.25) is 0 Å². The van der Waals surface area contributed by atoms with Crippen molar-refractivity contribution in [1.29, 1.82) is 0 Å². The molecular formula is C14H18FN3. The molecule has 0 saturated carbocycles. The lowest BCUT2D eigenvalue weighted by Gasteiger charge is -2.15. The maximum absolute atomic E-state index is 13.9. The minimum Gasteiger partial charge on any atom is -0.337 e. The van der Waals surface area contributed by atoms with E-state index < -0.39 is 0 Å². The average Bonchev–Trinajstić information content (AvgIpc) is 2.83. The fourth-order valence-corrected chi connectivity index (χ4v) is 2.05.